The molecule has 2 heteroatoms. The third-order valence-corrected chi connectivity index (χ3v) is 2.23. The zero-order chi connectivity index (χ0) is 7.56. The maximum Gasteiger partial charge on any atom is 0.0468 e. The zero-order valence-electron chi connectivity index (χ0n) is 6.20. The van der Waals surface area contributed by atoms with E-state index in [0.717, 1.165) is 0 Å². The average Bonchev–Trinajstić information content (AvgIpc) is 2.62. The van der Waals surface area contributed by atoms with Gasteiger partial charge in [-0.2, -0.15) is 0 Å². The van der Waals surface area contributed by atoms with Crippen LogP contribution in [0, 0.1) is 17.8 Å². The van der Waals surface area contributed by atoms with Gasteiger partial charge in [0, 0.05) is 13.2 Å². The van der Waals surface area contributed by atoms with Crippen LogP contribution in [0.1, 0.15) is 6.92 Å². The van der Waals surface area contributed by atoms with Crippen molar-refractivity contribution in [3.63, 3.8) is 0 Å². The second-order valence-electron chi connectivity index (χ2n) is 2.80. The SMILES string of the molecule is C/C=C/C1C(CO)C1CO. The standard InChI is InChI=1S/C8H14O2/c1-2-3-6-7(4-9)8(6)5-10/h2-3,6-10H,4-5H2,1H3/b3-2+. The van der Waals surface area contributed by atoms with Crippen LogP contribution in [0.15, 0.2) is 12.2 Å². The number of allylic oxidation sites excluding steroid dienone is 2. The molecular formula is C8H14O2. The molecule has 58 valence electrons. The van der Waals surface area contributed by atoms with E-state index in [0.29, 0.717) is 17.8 Å². The van der Waals surface area contributed by atoms with E-state index >= 15 is 0 Å². The van der Waals surface area contributed by atoms with Gasteiger partial charge in [-0.25, -0.2) is 0 Å². The second kappa shape index (κ2) is 3.17. The minimum atomic E-state index is 0.209. The first kappa shape index (κ1) is 7.76. The zero-order valence-corrected chi connectivity index (χ0v) is 6.20. The van der Waals surface area contributed by atoms with E-state index in [1.807, 2.05) is 13.0 Å². The Kier molecular flexibility index (Phi) is 2.46. The van der Waals surface area contributed by atoms with E-state index in [-0.39, 0.29) is 13.2 Å². The van der Waals surface area contributed by atoms with Gasteiger partial charge in [-0.15, -0.1) is 0 Å². The molecule has 1 aliphatic carbocycles. The summed E-state index contributed by atoms with van der Waals surface area (Å²) in [6.07, 6.45) is 4.03. The molecule has 1 saturated carbocycles. The van der Waals surface area contributed by atoms with Crippen molar-refractivity contribution in [2.75, 3.05) is 13.2 Å². The first-order valence-electron chi connectivity index (χ1n) is 3.69. The summed E-state index contributed by atoms with van der Waals surface area (Å²) in [4.78, 5) is 0. The monoisotopic (exact) mass is 142 g/mol. The van der Waals surface area contributed by atoms with Crippen LogP contribution < -0.4 is 0 Å². The highest BCUT2D eigenvalue weighted by Crippen LogP contribution is 2.46. The lowest BCUT2D eigenvalue weighted by molar-refractivity contribution is 0.232. The number of rotatable bonds is 3. The number of aliphatic hydroxyl groups is 2. The smallest absolute Gasteiger partial charge is 0.0468 e. The van der Waals surface area contributed by atoms with Gasteiger partial charge < -0.3 is 10.2 Å². The molecule has 0 radical (unpaired) electrons. The summed E-state index contributed by atoms with van der Waals surface area (Å²) in [5.41, 5.74) is 0. The quantitative estimate of drug-likeness (QED) is 0.560. The van der Waals surface area contributed by atoms with Gasteiger partial charge in [0.15, 0.2) is 0 Å². The van der Waals surface area contributed by atoms with E-state index in [1.54, 1.807) is 0 Å². The average molecular weight is 142 g/mol. The van der Waals surface area contributed by atoms with Crippen LogP contribution in [0.25, 0.3) is 0 Å². The summed E-state index contributed by atoms with van der Waals surface area (Å²) in [7, 11) is 0. The molecule has 0 bridgehead atoms. The molecule has 0 amide bonds. The molecule has 0 aromatic heterocycles. The van der Waals surface area contributed by atoms with Crippen molar-refractivity contribution >= 4 is 0 Å². The van der Waals surface area contributed by atoms with E-state index in [2.05, 4.69) is 6.08 Å². The molecule has 2 atom stereocenters. The van der Waals surface area contributed by atoms with Gasteiger partial charge in [0.1, 0.15) is 0 Å². The predicted octanol–water partition coefficient (Wildman–Crippen LogP) is 0.409. The highest BCUT2D eigenvalue weighted by molar-refractivity contribution is 5.07. The minimum Gasteiger partial charge on any atom is -0.396 e. The molecule has 0 aromatic rings. The Morgan fingerprint density at radius 3 is 2.00 bits per heavy atom. The maximum atomic E-state index is 8.76. The largest absolute Gasteiger partial charge is 0.396 e. The normalized spacial score (nSPS) is 38.9. The molecule has 0 spiro atoms. The highest BCUT2D eigenvalue weighted by Gasteiger charge is 2.46. The molecule has 2 nitrogen and oxygen atoms in total. The van der Waals surface area contributed by atoms with Gasteiger partial charge >= 0.3 is 0 Å². The fraction of sp³-hybridized carbons (Fsp3) is 0.750. The molecule has 0 saturated heterocycles. The predicted molar refractivity (Wildman–Crippen MR) is 39.5 cm³/mol. The number of hydrogen-bond donors (Lipinski definition) is 2. The molecular weight excluding hydrogens is 128 g/mol. The fourth-order valence-electron chi connectivity index (χ4n) is 1.50. The summed E-state index contributed by atoms with van der Waals surface area (Å²) >= 11 is 0. The van der Waals surface area contributed by atoms with Crippen LogP contribution in [0.5, 0.6) is 0 Å². The Balaban J connectivity index is 2.36. The van der Waals surface area contributed by atoms with E-state index < -0.39 is 0 Å². The molecule has 0 heterocycles. The minimum absolute atomic E-state index is 0.209. The molecule has 10 heavy (non-hydrogen) atoms. The number of hydrogen-bond acceptors (Lipinski definition) is 2. The van der Waals surface area contributed by atoms with Gasteiger partial charge in [0.2, 0.25) is 0 Å². The van der Waals surface area contributed by atoms with Crippen molar-refractivity contribution in [1.29, 1.82) is 0 Å². The molecule has 0 aliphatic heterocycles. The lowest BCUT2D eigenvalue weighted by atomic mass is 10.3. The summed E-state index contributed by atoms with van der Waals surface area (Å²) in [6, 6.07) is 0. The summed E-state index contributed by atoms with van der Waals surface area (Å²) < 4.78 is 0. The van der Waals surface area contributed by atoms with Gasteiger partial charge in [0.25, 0.3) is 0 Å². The van der Waals surface area contributed by atoms with Crippen LogP contribution in [0.2, 0.25) is 0 Å². The van der Waals surface area contributed by atoms with Crippen LogP contribution >= 0.6 is 0 Å². The van der Waals surface area contributed by atoms with Crippen molar-refractivity contribution in [1.82, 2.24) is 0 Å². The summed E-state index contributed by atoms with van der Waals surface area (Å²) in [5, 5.41) is 17.5. The topological polar surface area (TPSA) is 40.5 Å². The lowest BCUT2D eigenvalue weighted by Crippen LogP contribution is -1.91. The fourth-order valence-corrected chi connectivity index (χ4v) is 1.50. The van der Waals surface area contributed by atoms with Gasteiger partial charge in [-0.05, 0) is 24.7 Å². The van der Waals surface area contributed by atoms with Crippen molar-refractivity contribution in [3.05, 3.63) is 12.2 Å². The number of aliphatic hydroxyl groups excluding tert-OH is 2. The highest BCUT2D eigenvalue weighted by atomic mass is 16.3. The molecule has 1 aliphatic rings. The van der Waals surface area contributed by atoms with Crippen molar-refractivity contribution in [3.8, 4) is 0 Å². The van der Waals surface area contributed by atoms with E-state index in [9.17, 15) is 0 Å². The summed E-state index contributed by atoms with van der Waals surface area (Å²) in [5.74, 6) is 1.07. The molecule has 2 N–H and O–H groups in total. The van der Waals surface area contributed by atoms with Gasteiger partial charge in [-0.1, -0.05) is 12.2 Å². The second-order valence-corrected chi connectivity index (χ2v) is 2.80. The first-order chi connectivity index (χ1) is 4.85. The van der Waals surface area contributed by atoms with Crippen molar-refractivity contribution < 1.29 is 10.2 Å². The van der Waals surface area contributed by atoms with Gasteiger partial charge in [0.05, 0.1) is 0 Å². The third kappa shape index (κ3) is 1.22. The molecule has 1 fully saturated rings. The molecule has 1 rings (SSSR count). The Morgan fingerprint density at radius 1 is 1.20 bits per heavy atom. The van der Waals surface area contributed by atoms with Crippen LogP contribution in [-0.2, 0) is 0 Å². The summed E-state index contributed by atoms with van der Waals surface area (Å²) in [6.45, 7) is 2.38. The Labute approximate surface area is 61.2 Å². The van der Waals surface area contributed by atoms with Crippen LogP contribution in [0.3, 0.4) is 0 Å². The Bertz CT molecular complexity index is 121. The van der Waals surface area contributed by atoms with Crippen LogP contribution in [-0.4, -0.2) is 23.4 Å². The maximum absolute atomic E-state index is 8.76. The Hall–Kier alpha value is -0.340. The lowest BCUT2D eigenvalue weighted by Gasteiger charge is -1.84. The molecule has 2 unspecified atom stereocenters. The first-order valence-corrected chi connectivity index (χ1v) is 3.69. The van der Waals surface area contributed by atoms with E-state index in [1.165, 1.54) is 0 Å². The van der Waals surface area contributed by atoms with Crippen molar-refractivity contribution in [2.24, 2.45) is 17.8 Å². The van der Waals surface area contributed by atoms with Crippen LogP contribution in [0.4, 0.5) is 0 Å². The Morgan fingerprint density at radius 2 is 1.70 bits per heavy atom. The van der Waals surface area contributed by atoms with Gasteiger partial charge in [-0.3, -0.25) is 0 Å². The van der Waals surface area contributed by atoms with E-state index in [4.69, 9.17) is 10.2 Å². The third-order valence-electron chi connectivity index (χ3n) is 2.23. The molecule has 0 aromatic carbocycles. The van der Waals surface area contributed by atoms with Crippen molar-refractivity contribution in [2.45, 2.75) is 6.92 Å².